The Bertz CT molecular complexity index is 382. The number of anilines is 1. The van der Waals surface area contributed by atoms with Gasteiger partial charge in [0.2, 0.25) is 5.91 Å². The van der Waals surface area contributed by atoms with Crippen molar-refractivity contribution in [3.8, 4) is 0 Å². The quantitative estimate of drug-likeness (QED) is 0.846. The Kier molecular flexibility index (Phi) is 2.96. The Morgan fingerprint density at radius 1 is 1.69 bits per heavy atom. The lowest BCUT2D eigenvalue weighted by Crippen LogP contribution is -2.45. The van der Waals surface area contributed by atoms with Gasteiger partial charge in [0.05, 0.1) is 18.2 Å². The molecule has 5 nitrogen and oxygen atoms in total. The standard InChI is InChI=1S/C11H16N2O3/c1-8-6-12-10(16-8)13-9(14)11(7-15-2)4-3-5-11/h6H,3-5,7H2,1-2H3,(H,12,13,14). The maximum Gasteiger partial charge on any atom is 0.301 e. The highest BCUT2D eigenvalue weighted by Gasteiger charge is 2.44. The molecule has 0 atom stereocenters. The third-order valence-electron chi connectivity index (χ3n) is 3.05. The Labute approximate surface area is 94.2 Å². The summed E-state index contributed by atoms with van der Waals surface area (Å²) in [6.45, 7) is 2.25. The van der Waals surface area contributed by atoms with Gasteiger partial charge in [-0.05, 0) is 19.8 Å². The molecule has 5 heteroatoms. The molecule has 16 heavy (non-hydrogen) atoms. The second kappa shape index (κ2) is 4.25. The SMILES string of the molecule is COCC1(C(=O)Nc2ncc(C)o2)CCC1. The number of rotatable bonds is 4. The third kappa shape index (κ3) is 1.95. The molecule has 1 aromatic rings. The molecule has 1 aromatic heterocycles. The largest absolute Gasteiger partial charge is 0.429 e. The van der Waals surface area contributed by atoms with E-state index in [2.05, 4.69) is 10.3 Å². The molecule has 1 N–H and O–H groups in total. The number of ether oxygens (including phenoxy) is 1. The highest BCUT2D eigenvalue weighted by molar-refractivity contribution is 5.94. The summed E-state index contributed by atoms with van der Waals surface area (Å²) in [7, 11) is 1.61. The van der Waals surface area contributed by atoms with Gasteiger partial charge < -0.3 is 9.15 Å². The van der Waals surface area contributed by atoms with Crippen LogP contribution in [0.15, 0.2) is 10.6 Å². The van der Waals surface area contributed by atoms with Crippen LogP contribution in [-0.4, -0.2) is 24.6 Å². The summed E-state index contributed by atoms with van der Waals surface area (Å²) in [5.74, 6) is 0.632. The number of aromatic nitrogens is 1. The number of methoxy groups -OCH3 is 1. The van der Waals surface area contributed by atoms with E-state index in [0.29, 0.717) is 12.4 Å². The van der Waals surface area contributed by atoms with Crippen LogP contribution < -0.4 is 5.32 Å². The summed E-state index contributed by atoms with van der Waals surface area (Å²) in [6.07, 6.45) is 4.39. The van der Waals surface area contributed by atoms with Gasteiger partial charge in [-0.1, -0.05) is 6.42 Å². The van der Waals surface area contributed by atoms with Crippen LogP contribution in [-0.2, 0) is 9.53 Å². The fourth-order valence-electron chi connectivity index (χ4n) is 1.96. The fraction of sp³-hybridized carbons (Fsp3) is 0.636. The van der Waals surface area contributed by atoms with E-state index < -0.39 is 0 Å². The van der Waals surface area contributed by atoms with Crippen molar-refractivity contribution in [3.63, 3.8) is 0 Å². The van der Waals surface area contributed by atoms with Crippen LogP contribution >= 0.6 is 0 Å². The van der Waals surface area contributed by atoms with Gasteiger partial charge in [-0.3, -0.25) is 10.1 Å². The summed E-state index contributed by atoms with van der Waals surface area (Å²) in [5.41, 5.74) is -0.378. The van der Waals surface area contributed by atoms with Crippen molar-refractivity contribution in [1.29, 1.82) is 0 Å². The van der Waals surface area contributed by atoms with E-state index in [4.69, 9.17) is 9.15 Å². The molecule has 1 amide bonds. The lowest BCUT2D eigenvalue weighted by molar-refractivity contribution is -0.134. The van der Waals surface area contributed by atoms with Crippen LogP contribution in [0.2, 0.25) is 0 Å². The minimum atomic E-state index is -0.378. The molecule has 0 saturated heterocycles. The van der Waals surface area contributed by atoms with Crippen LogP contribution in [0.4, 0.5) is 6.01 Å². The maximum atomic E-state index is 12.0. The Balaban J connectivity index is 2.01. The van der Waals surface area contributed by atoms with Gasteiger partial charge in [-0.15, -0.1) is 0 Å². The monoisotopic (exact) mass is 224 g/mol. The molecule has 0 radical (unpaired) electrons. The molecule has 1 fully saturated rings. The molecular formula is C11H16N2O3. The predicted octanol–water partition coefficient (Wildman–Crippen LogP) is 1.74. The van der Waals surface area contributed by atoms with E-state index >= 15 is 0 Å². The maximum absolute atomic E-state index is 12.0. The number of carbonyl (C=O) groups is 1. The summed E-state index contributed by atoms with van der Waals surface area (Å²) in [6, 6.07) is 0.268. The van der Waals surface area contributed by atoms with Crippen molar-refractivity contribution in [3.05, 3.63) is 12.0 Å². The van der Waals surface area contributed by atoms with Crippen LogP contribution in [0, 0.1) is 12.3 Å². The van der Waals surface area contributed by atoms with Crippen molar-refractivity contribution in [2.24, 2.45) is 5.41 Å². The van der Waals surface area contributed by atoms with Crippen molar-refractivity contribution in [2.75, 3.05) is 19.0 Å². The minimum absolute atomic E-state index is 0.0533. The second-order valence-electron chi connectivity index (χ2n) is 4.30. The van der Waals surface area contributed by atoms with Gasteiger partial charge in [0.25, 0.3) is 0 Å². The minimum Gasteiger partial charge on any atom is -0.429 e. The van der Waals surface area contributed by atoms with Crippen molar-refractivity contribution < 1.29 is 13.9 Å². The molecule has 0 spiro atoms. The van der Waals surface area contributed by atoms with Gasteiger partial charge in [-0.25, -0.2) is 4.98 Å². The van der Waals surface area contributed by atoms with Crippen LogP contribution in [0.1, 0.15) is 25.0 Å². The Morgan fingerprint density at radius 2 is 2.44 bits per heavy atom. The van der Waals surface area contributed by atoms with Crippen molar-refractivity contribution >= 4 is 11.9 Å². The van der Waals surface area contributed by atoms with Crippen molar-refractivity contribution in [2.45, 2.75) is 26.2 Å². The second-order valence-corrected chi connectivity index (χ2v) is 4.30. The smallest absolute Gasteiger partial charge is 0.301 e. The van der Waals surface area contributed by atoms with E-state index in [0.717, 1.165) is 19.3 Å². The zero-order valence-corrected chi connectivity index (χ0v) is 9.58. The van der Waals surface area contributed by atoms with Gasteiger partial charge in [0, 0.05) is 7.11 Å². The lowest BCUT2D eigenvalue weighted by atomic mass is 9.68. The molecule has 88 valence electrons. The van der Waals surface area contributed by atoms with Gasteiger partial charge in [0.15, 0.2) is 0 Å². The first-order valence-corrected chi connectivity index (χ1v) is 5.39. The number of amides is 1. The Morgan fingerprint density at radius 3 is 2.88 bits per heavy atom. The molecule has 1 aliphatic carbocycles. The average molecular weight is 224 g/mol. The lowest BCUT2D eigenvalue weighted by Gasteiger charge is -2.38. The van der Waals surface area contributed by atoms with Gasteiger partial charge in [-0.2, -0.15) is 0 Å². The first-order chi connectivity index (χ1) is 7.66. The zero-order chi connectivity index (χ0) is 11.6. The zero-order valence-electron chi connectivity index (χ0n) is 9.58. The molecule has 0 unspecified atom stereocenters. The van der Waals surface area contributed by atoms with Crippen LogP contribution in [0.5, 0.6) is 0 Å². The van der Waals surface area contributed by atoms with E-state index in [-0.39, 0.29) is 17.3 Å². The number of nitrogens with one attached hydrogen (secondary N) is 1. The number of nitrogens with zero attached hydrogens (tertiary/aromatic N) is 1. The molecule has 2 rings (SSSR count). The summed E-state index contributed by atoms with van der Waals surface area (Å²) in [5, 5.41) is 2.69. The number of hydrogen-bond acceptors (Lipinski definition) is 4. The molecule has 0 bridgehead atoms. The summed E-state index contributed by atoms with van der Waals surface area (Å²) in [4.78, 5) is 16.0. The first-order valence-electron chi connectivity index (χ1n) is 5.39. The topological polar surface area (TPSA) is 64.4 Å². The van der Waals surface area contributed by atoms with E-state index in [1.807, 2.05) is 0 Å². The Hall–Kier alpha value is -1.36. The predicted molar refractivity (Wildman–Crippen MR) is 58.0 cm³/mol. The normalized spacial score (nSPS) is 17.9. The van der Waals surface area contributed by atoms with E-state index in [1.54, 1.807) is 20.2 Å². The number of hydrogen-bond donors (Lipinski definition) is 1. The molecular weight excluding hydrogens is 208 g/mol. The molecule has 1 heterocycles. The summed E-state index contributed by atoms with van der Waals surface area (Å²) >= 11 is 0. The van der Waals surface area contributed by atoms with Crippen molar-refractivity contribution in [1.82, 2.24) is 4.98 Å². The highest BCUT2D eigenvalue weighted by atomic mass is 16.5. The van der Waals surface area contributed by atoms with Crippen LogP contribution in [0.25, 0.3) is 0 Å². The van der Waals surface area contributed by atoms with E-state index in [9.17, 15) is 4.79 Å². The average Bonchev–Trinajstić information content (AvgIpc) is 2.57. The fourth-order valence-corrected chi connectivity index (χ4v) is 1.96. The van der Waals surface area contributed by atoms with Gasteiger partial charge in [0.1, 0.15) is 5.76 Å². The molecule has 0 aromatic carbocycles. The van der Waals surface area contributed by atoms with E-state index in [1.165, 1.54) is 0 Å². The first kappa shape index (κ1) is 11.1. The third-order valence-corrected chi connectivity index (χ3v) is 3.05. The molecule has 1 aliphatic rings. The van der Waals surface area contributed by atoms with Gasteiger partial charge >= 0.3 is 6.01 Å². The van der Waals surface area contributed by atoms with Crippen LogP contribution in [0.3, 0.4) is 0 Å². The highest BCUT2D eigenvalue weighted by Crippen LogP contribution is 2.41. The number of carbonyl (C=O) groups excluding carboxylic acids is 1. The number of oxazole rings is 1. The molecule has 1 saturated carbocycles. The number of aryl methyl sites for hydroxylation is 1. The summed E-state index contributed by atoms with van der Waals surface area (Å²) < 4.78 is 10.3. The molecule has 0 aliphatic heterocycles.